The van der Waals surface area contributed by atoms with Gasteiger partial charge in [-0.05, 0) is 31.2 Å². The summed E-state index contributed by atoms with van der Waals surface area (Å²) in [6, 6.07) is 16.2. The Morgan fingerprint density at radius 1 is 1.07 bits per heavy atom. The minimum Gasteiger partial charge on any atom is -0.369 e. The highest BCUT2D eigenvalue weighted by Gasteiger charge is 2.20. The summed E-state index contributed by atoms with van der Waals surface area (Å²) in [4.78, 5) is 16.6. The number of rotatable bonds is 5. The highest BCUT2D eigenvalue weighted by molar-refractivity contribution is 5.91. The molecule has 150 valence electrons. The molecule has 0 saturated carbocycles. The van der Waals surface area contributed by atoms with Crippen LogP contribution in [0.1, 0.15) is 5.56 Å². The van der Waals surface area contributed by atoms with Crippen molar-refractivity contribution in [1.29, 1.82) is 0 Å². The second-order valence-electron chi connectivity index (χ2n) is 7.23. The number of hydrogen-bond acceptors (Lipinski definition) is 5. The number of carbonyl (C=O) groups excluding carboxylic acids is 1. The van der Waals surface area contributed by atoms with Crippen molar-refractivity contribution >= 4 is 17.5 Å². The molecular weight excluding hydrogens is 371 g/mol. The van der Waals surface area contributed by atoms with Crippen molar-refractivity contribution in [2.75, 3.05) is 42.9 Å². The first-order valence-electron chi connectivity index (χ1n) is 9.63. The fraction of sp³-hybridized carbons (Fsp3) is 0.273. The molecule has 1 aliphatic heterocycles. The average molecular weight is 394 g/mol. The number of amides is 1. The van der Waals surface area contributed by atoms with Crippen LogP contribution in [-0.2, 0) is 4.79 Å². The second-order valence-corrected chi connectivity index (χ2v) is 7.23. The van der Waals surface area contributed by atoms with Crippen molar-refractivity contribution < 1.29 is 13.7 Å². The van der Waals surface area contributed by atoms with Gasteiger partial charge in [0.2, 0.25) is 11.8 Å². The number of halogens is 1. The summed E-state index contributed by atoms with van der Waals surface area (Å²) in [5, 5.41) is 6.80. The van der Waals surface area contributed by atoms with Gasteiger partial charge in [-0.15, -0.1) is 0 Å². The van der Waals surface area contributed by atoms with Gasteiger partial charge in [0.05, 0.1) is 6.54 Å². The molecule has 4 rings (SSSR count). The summed E-state index contributed by atoms with van der Waals surface area (Å²) in [7, 11) is 0. The molecule has 7 heteroatoms. The van der Waals surface area contributed by atoms with Gasteiger partial charge in [0.15, 0.2) is 0 Å². The Kier molecular flexibility index (Phi) is 5.57. The Morgan fingerprint density at radius 2 is 1.76 bits per heavy atom. The maximum Gasteiger partial charge on any atom is 0.240 e. The van der Waals surface area contributed by atoms with E-state index in [9.17, 15) is 9.18 Å². The third-order valence-corrected chi connectivity index (χ3v) is 5.05. The molecule has 1 amide bonds. The first kappa shape index (κ1) is 19.1. The van der Waals surface area contributed by atoms with E-state index in [1.807, 2.05) is 31.2 Å². The maximum absolute atomic E-state index is 13.1. The van der Waals surface area contributed by atoms with E-state index in [0.29, 0.717) is 11.6 Å². The minimum absolute atomic E-state index is 0.133. The molecule has 0 bridgehead atoms. The fourth-order valence-corrected chi connectivity index (χ4v) is 3.39. The van der Waals surface area contributed by atoms with Crippen molar-refractivity contribution in [2.24, 2.45) is 0 Å². The topological polar surface area (TPSA) is 61.6 Å². The predicted molar refractivity (Wildman–Crippen MR) is 110 cm³/mol. The lowest BCUT2D eigenvalue weighted by Crippen LogP contribution is -2.48. The molecule has 1 fully saturated rings. The Hall–Kier alpha value is -3.19. The number of hydrogen-bond donors (Lipinski definition) is 1. The molecule has 0 spiro atoms. The van der Waals surface area contributed by atoms with Gasteiger partial charge in [-0.2, -0.15) is 0 Å². The van der Waals surface area contributed by atoms with Gasteiger partial charge in [-0.1, -0.05) is 35.0 Å². The van der Waals surface area contributed by atoms with Gasteiger partial charge in [-0.3, -0.25) is 15.0 Å². The van der Waals surface area contributed by atoms with Gasteiger partial charge in [0, 0.05) is 43.5 Å². The molecule has 0 radical (unpaired) electrons. The number of nitrogens with zero attached hydrogens (tertiary/aromatic N) is 3. The van der Waals surface area contributed by atoms with E-state index in [2.05, 4.69) is 20.3 Å². The number of aromatic nitrogens is 1. The average Bonchev–Trinajstić information content (AvgIpc) is 3.18. The van der Waals surface area contributed by atoms with Gasteiger partial charge in [0.25, 0.3) is 0 Å². The van der Waals surface area contributed by atoms with E-state index >= 15 is 0 Å². The number of piperazine rings is 1. The van der Waals surface area contributed by atoms with E-state index in [1.165, 1.54) is 17.7 Å². The third-order valence-electron chi connectivity index (χ3n) is 5.05. The summed E-state index contributed by atoms with van der Waals surface area (Å²) in [6.45, 7) is 5.42. The summed E-state index contributed by atoms with van der Waals surface area (Å²) >= 11 is 0. The molecule has 3 aromatic rings. The molecule has 1 aliphatic rings. The van der Waals surface area contributed by atoms with E-state index in [0.717, 1.165) is 37.4 Å². The van der Waals surface area contributed by atoms with Crippen molar-refractivity contribution in [3.63, 3.8) is 0 Å². The number of carbonyl (C=O) groups is 1. The Bertz CT molecular complexity index is 961. The van der Waals surface area contributed by atoms with Gasteiger partial charge in [0.1, 0.15) is 11.5 Å². The molecule has 0 unspecified atom stereocenters. The molecule has 2 aromatic carbocycles. The maximum atomic E-state index is 13.1. The van der Waals surface area contributed by atoms with Crippen LogP contribution in [0.25, 0.3) is 11.3 Å². The van der Waals surface area contributed by atoms with E-state index in [1.54, 1.807) is 18.2 Å². The molecule has 0 atom stereocenters. The number of aryl methyl sites for hydroxylation is 1. The van der Waals surface area contributed by atoms with Gasteiger partial charge >= 0.3 is 0 Å². The Morgan fingerprint density at radius 3 is 2.45 bits per heavy atom. The number of anilines is 2. The molecule has 0 aliphatic carbocycles. The first-order chi connectivity index (χ1) is 14.1. The zero-order valence-corrected chi connectivity index (χ0v) is 16.3. The van der Waals surface area contributed by atoms with E-state index in [-0.39, 0.29) is 18.3 Å². The number of nitrogens with one attached hydrogen (secondary N) is 1. The third kappa shape index (κ3) is 4.81. The molecule has 1 aromatic heterocycles. The SMILES string of the molecule is Cc1ccc(-c2cc(NC(=O)CN3CCN(c4ccc(F)cc4)CC3)on2)cc1. The fourth-order valence-electron chi connectivity index (χ4n) is 3.39. The first-order valence-corrected chi connectivity index (χ1v) is 9.63. The normalized spacial score (nSPS) is 14.8. The monoisotopic (exact) mass is 394 g/mol. The second kappa shape index (κ2) is 8.45. The zero-order valence-electron chi connectivity index (χ0n) is 16.3. The number of benzene rings is 2. The van der Waals surface area contributed by atoms with Crippen molar-refractivity contribution in [3.8, 4) is 11.3 Å². The lowest BCUT2D eigenvalue weighted by atomic mass is 10.1. The highest BCUT2D eigenvalue weighted by atomic mass is 19.1. The summed E-state index contributed by atoms with van der Waals surface area (Å²) in [5.41, 5.74) is 3.80. The minimum atomic E-state index is -0.234. The molecule has 1 N–H and O–H groups in total. The molecule has 29 heavy (non-hydrogen) atoms. The molecule has 6 nitrogen and oxygen atoms in total. The van der Waals surface area contributed by atoms with Crippen LogP contribution in [-0.4, -0.2) is 48.7 Å². The predicted octanol–water partition coefficient (Wildman–Crippen LogP) is 3.55. The lowest BCUT2D eigenvalue weighted by molar-refractivity contribution is -0.117. The van der Waals surface area contributed by atoms with Gasteiger partial charge < -0.3 is 9.42 Å². The summed E-state index contributed by atoms with van der Waals surface area (Å²) in [6.07, 6.45) is 0. The molecule has 2 heterocycles. The molecular formula is C22H23FN4O2. The Balaban J connectivity index is 1.27. The summed E-state index contributed by atoms with van der Waals surface area (Å²) < 4.78 is 18.3. The zero-order chi connectivity index (χ0) is 20.2. The van der Waals surface area contributed by atoms with Gasteiger partial charge in [-0.25, -0.2) is 4.39 Å². The van der Waals surface area contributed by atoms with Crippen LogP contribution in [0.3, 0.4) is 0 Å². The quantitative estimate of drug-likeness (QED) is 0.717. The van der Waals surface area contributed by atoms with Crippen LogP contribution < -0.4 is 10.2 Å². The van der Waals surface area contributed by atoms with E-state index < -0.39 is 0 Å². The van der Waals surface area contributed by atoms with Crippen LogP contribution in [0.4, 0.5) is 16.0 Å². The van der Waals surface area contributed by atoms with Crippen LogP contribution in [0, 0.1) is 12.7 Å². The summed E-state index contributed by atoms with van der Waals surface area (Å²) in [5.74, 6) is -0.0237. The van der Waals surface area contributed by atoms with Crippen molar-refractivity contribution in [3.05, 3.63) is 66.0 Å². The highest BCUT2D eigenvalue weighted by Crippen LogP contribution is 2.22. The van der Waals surface area contributed by atoms with Crippen LogP contribution in [0.5, 0.6) is 0 Å². The van der Waals surface area contributed by atoms with E-state index in [4.69, 9.17) is 4.52 Å². The van der Waals surface area contributed by atoms with Crippen molar-refractivity contribution in [1.82, 2.24) is 10.1 Å². The standard InChI is InChI=1S/C22H23FN4O2/c1-16-2-4-17(5-3-16)20-14-22(29-25-20)24-21(28)15-26-10-12-27(13-11-26)19-8-6-18(23)7-9-19/h2-9,14H,10-13,15H2,1H3,(H,24,28). The Labute approximate surface area is 168 Å². The van der Waals surface area contributed by atoms with Crippen LogP contribution in [0.2, 0.25) is 0 Å². The van der Waals surface area contributed by atoms with Crippen molar-refractivity contribution in [2.45, 2.75) is 6.92 Å². The largest absolute Gasteiger partial charge is 0.369 e. The van der Waals surface area contributed by atoms with Crippen LogP contribution >= 0.6 is 0 Å². The van der Waals surface area contributed by atoms with Crippen LogP contribution in [0.15, 0.2) is 59.1 Å². The molecule has 1 saturated heterocycles. The lowest BCUT2D eigenvalue weighted by Gasteiger charge is -2.35. The smallest absolute Gasteiger partial charge is 0.240 e.